The van der Waals surface area contributed by atoms with E-state index in [9.17, 15) is 14.9 Å². The van der Waals surface area contributed by atoms with E-state index in [0.29, 0.717) is 31.0 Å². The van der Waals surface area contributed by atoms with E-state index in [1.54, 1.807) is 18.9 Å². The standard InChI is InChI=1S/C12H17N5O3/c1-8-6-15-11(5-9(8)17(19)20)16-4-3-14-7-10(16)12(18)13-2/h5-6,10,14H,3-4,7H2,1-2H3,(H,13,18). The number of aryl methyl sites for hydroxylation is 1. The lowest BCUT2D eigenvalue weighted by atomic mass is 10.1. The number of anilines is 1. The molecule has 1 amide bonds. The van der Waals surface area contributed by atoms with Crippen LogP contribution >= 0.6 is 0 Å². The van der Waals surface area contributed by atoms with Crippen LogP contribution < -0.4 is 15.5 Å². The Balaban J connectivity index is 2.35. The number of nitrogens with one attached hydrogen (secondary N) is 2. The van der Waals surface area contributed by atoms with Gasteiger partial charge in [0.05, 0.1) is 11.0 Å². The first kappa shape index (κ1) is 14.2. The Labute approximate surface area is 116 Å². The van der Waals surface area contributed by atoms with Crippen LogP contribution in [0, 0.1) is 17.0 Å². The van der Waals surface area contributed by atoms with Crippen LogP contribution in [-0.4, -0.2) is 48.5 Å². The first-order valence-corrected chi connectivity index (χ1v) is 6.34. The predicted octanol–water partition coefficient (Wildman–Crippen LogP) is -0.178. The summed E-state index contributed by atoms with van der Waals surface area (Å²) in [6.07, 6.45) is 1.47. The maximum Gasteiger partial charge on any atom is 0.277 e. The van der Waals surface area contributed by atoms with E-state index >= 15 is 0 Å². The van der Waals surface area contributed by atoms with Crippen LogP contribution in [-0.2, 0) is 4.79 Å². The first-order valence-electron chi connectivity index (χ1n) is 6.34. The van der Waals surface area contributed by atoms with Crippen molar-refractivity contribution >= 4 is 17.4 Å². The molecule has 1 unspecified atom stereocenters. The number of nitrogens with zero attached hydrogens (tertiary/aromatic N) is 3. The Morgan fingerprint density at radius 2 is 2.40 bits per heavy atom. The molecule has 20 heavy (non-hydrogen) atoms. The molecule has 108 valence electrons. The van der Waals surface area contributed by atoms with E-state index in [0.717, 1.165) is 0 Å². The third-order valence-corrected chi connectivity index (χ3v) is 3.34. The van der Waals surface area contributed by atoms with E-state index in [2.05, 4.69) is 15.6 Å². The van der Waals surface area contributed by atoms with Gasteiger partial charge in [0.25, 0.3) is 5.69 Å². The largest absolute Gasteiger partial charge is 0.357 e. The lowest BCUT2D eigenvalue weighted by molar-refractivity contribution is -0.385. The molecule has 2 heterocycles. The summed E-state index contributed by atoms with van der Waals surface area (Å²) in [6.45, 7) is 3.41. The van der Waals surface area contributed by atoms with Crippen molar-refractivity contribution in [2.75, 3.05) is 31.6 Å². The van der Waals surface area contributed by atoms with E-state index in [-0.39, 0.29) is 11.6 Å². The SMILES string of the molecule is CNC(=O)C1CNCCN1c1cc([N+](=O)[O-])c(C)cn1. The average Bonchev–Trinajstić information content (AvgIpc) is 2.46. The Hall–Kier alpha value is -2.22. The molecule has 1 atom stereocenters. The van der Waals surface area contributed by atoms with Gasteiger partial charge in [0, 0.05) is 38.4 Å². The third-order valence-electron chi connectivity index (χ3n) is 3.34. The molecule has 1 aromatic heterocycles. The predicted molar refractivity (Wildman–Crippen MR) is 73.7 cm³/mol. The van der Waals surface area contributed by atoms with E-state index in [1.807, 2.05) is 0 Å². The molecular weight excluding hydrogens is 262 g/mol. The molecule has 1 aliphatic heterocycles. The van der Waals surface area contributed by atoms with Gasteiger partial charge in [-0.15, -0.1) is 0 Å². The minimum Gasteiger partial charge on any atom is -0.357 e. The van der Waals surface area contributed by atoms with E-state index in [4.69, 9.17) is 0 Å². The highest BCUT2D eigenvalue weighted by molar-refractivity contribution is 5.85. The van der Waals surface area contributed by atoms with Crippen molar-refractivity contribution in [2.24, 2.45) is 0 Å². The fourth-order valence-corrected chi connectivity index (χ4v) is 2.24. The molecule has 1 aliphatic rings. The van der Waals surface area contributed by atoms with Crippen LogP contribution in [0.4, 0.5) is 11.5 Å². The second kappa shape index (κ2) is 5.83. The average molecular weight is 279 g/mol. The van der Waals surface area contributed by atoms with Crippen LogP contribution in [0.3, 0.4) is 0 Å². The second-order valence-corrected chi connectivity index (χ2v) is 4.61. The van der Waals surface area contributed by atoms with Crippen molar-refractivity contribution in [1.82, 2.24) is 15.6 Å². The minimum atomic E-state index is -0.433. The molecule has 0 aliphatic carbocycles. The molecule has 0 aromatic carbocycles. The van der Waals surface area contributed by atoms with Crippen LogP contribution in [0.5, 0.6) is 0 Å². The Morgan fingerprint density at radius 3 is 3.05 bits per heavy atom. The molecule has 0 bridgehead atoms. The number of carbonyl (C=O) groups is 1. The number of aromatic nitrogens is 1. The smallest absolute Gasteiger partial charge is 0.277 e. The van der Waals surface area contributed by atoms with Gasteiger partial charge in [-0.1, -0.05) is 0 Å². The molecule has 0 spiro atoms. The highest BCUT2D eigenvalue weighted by Crippen LogP contribution is 2.24. The lowest BCUT2D eigenvalue weighted by Gasteiger charge is -2.35. The number of rotatable bonds is 3. The number of hydrogen-bond acceptors (Lipinski definition) is 6. The summed E-state index contributed by atoms with van der Waals surface area (Å²) >= 11 is 0. The zero-order valence-corrected chi connectivity index (χ0v) is 11.4. The highest BCUT2D eigenvalue weighted by atomic mass is 16.6. The molecule has 2 rings (SSSR count). The topological polar surface area (TPSA) is 100 Å². The fraction of sp³-hybridized carbons (Fsp3) is 0.500. The maximum absolute atomic E-state index is 11.9. The van der Waals surface area contributed by atoms with Crippen LogP contribution in [0.25, 0.3) is 0 Å². The fourth-order valence-electron chi connectivity index (χ4n) is 2.24. The van der Waals surface area contributed by atoms with Crippen molar-refractivity contribution in [3.63, 3.8) is 0 Å². The summed E-state index contributed by atoms with van der Waals surface area (Å²) in [5.74, 6) is 0.319. The van der Waals surface area contributed by atoms with Crippen LogP contribution in [0.15, 0.2) is 12.3 Å². The minimum absolute atomic E-state index is 0.0178. The van der Waals surface area contributed by atoms with Gasteiger partial charge in [-0.05, 0) is 6.92 Å². The molecule has 0 saturated carbocycles. The van der Waals surface area contributed by atoms with Gasteiger partial charge in [-0.2, -0.15) is 0 Å². The molecular formula is C12H17N5O3. The number of pyridine rings is 1. The van der Waals surface area contributed by atoms with Gasteiger partial charge < -0.3 is 15.5 Å². The number of hydrogen-bond donors (Lipinski definition) is 2. The quantitative estimate of drug-likeness (QED) is 0.588. The number of carbonyl (C=O) groups excluding carboxylic acids is 1. The monoisotopic (exact) mass is 279 g/mol. The normalized spacial score (nSPS) is 18.7. The van der Waals surface area contributed by atoms with Gasteiger partial charge >= 0.3 is 0 Å². The van der Waals surface area contributed by atoms with Crippen LogP contribution in [0.2, 0.25) is 0 Å². The van der Waals surface area contributed by atoms with Gasteiger partial charge in [-0.25, -0.2) is 4.98 Å². The molecule has 1 saturated heterocycles. The molecule has 1 fully saturated rings. The van der Waals surface area contributed by atoms with Gasteiger partial charge in [-0.3, -0.25) is 14.9 Å². The zero-order valence-electron chi connectivity index (χ0n) is 11.4. The Morgan fingerprint density at radius 1 is 1.65 bits per heavy atom. The Kier molecular flexibility index (Phi) is 4.14. The zero-order chi connectivity index (χ0) is 14.7. The molecule has 2 N–H and O–H groups in total. The van der Waals surface area contributed by atoms with Gasteiger partial charge in [0.1, 0.15) is 11.9 Å². The summed E-state index contributed by atoms with van der Waals surface area (Å²) in [4.78, 5) is 28.5. The number of nitro groups is 1. The van der Waals surface area contributed by atoms with E-state index in [1.165, 1.54) is 12.3 Å². The second-order valence-electron chi connectivity index (χ2n) is 4.61. The summed E-state index contributed by atoms with van der Waals surface area (Å²) < 4.78 is 0. The van der Waals surface area contributed by atoms with Crippen LogP contribution in [0.1, 0.15) is 5.56 Å². The lowest BCUT2D eigenvalue weighted by Crippen LogP contribution is -2.57. The van der Waals surface area contributed by atoms with Gasteiger partial charge in [0.2, 0.25) is 5.91 Å². The molecule has 8 nitrogen and oxygen atoms in total. The number of likely N-dealkylation sites (N-methyl/N-ethyl adjacent to an activating group) is 1. The van der Waals surface area contributed by atoms with Crippen molar-refractivity contribution in [1.29, 1.82) is 0 Å². The highest BCUT2D eigenvalue weighted by Gasteiger charge is 2.30. The van der Waals surface area contributed by atoms with Gasteiger partial charge in [0.15, 0.2) is 0 Å². The number of amides is 1. The van der Waals surface area contributed by atoms with Crippen molar-refractivity contribution in [3.8, 4) is 0 Å². The van der Waals surface area contributed by atoms with E-state index < -0.39 is 11.0 Å². The molecule has 1 aromatic rings. The summed E-state index contributed by atoms with van der Waals surface area (Å²) in [5, 5.41) is 16.7. The Bertz CT molecular complexity index is 534. The summed E-state index contributed by atoms with van der Waals surface area (Å²) in [5.41, 5.74) is 0.523. The summed E-state index contributed by atoms with van der Waals surface area (Å²) in [6, 6.07) is 1.01. The molecule has 8 heteroatoms. The van der Waals surface area contributed by atoms with Crippen molar-refractivity contribution in [3.05, 3.63) is 27.9 Å². The molecule has 0 radical (unpaired) electrons. The van der Waals surface area contributed by atoms with Crippen molar-refractivity contribution in [2.45, 2.75) is 13.0 Å². The third kappa shape index (κ3) is 2.69. The summed E-state index contributed by atoms with van der Waals surface area (Å²) in [7, 11) is 1.57. The maximum atomic E-state index is 11.9. The number of piperazine rings is 1. The first-order chi connectivity index (χ1) is 9.54. The van der Waals surface area contributed by atoms with Crippen molar-refractivity contribution < 1.29 is 9.72 Å².